The summed E-state index contributed by atoms with van der Waals surface area (Å²) in [7, 11) is 0. The van der Waals surface area contributed by atoms with Gasteiger partial charge in [0.15, 0.2) is 0 Å². The van der Waals surface area contributed by atoms with Crippen molar-refractivity contribution in [2.75, 3.05) is 19.6 Å². The topological polar surface area (TPSA) is 44.9 Å². The third-order valence-corrected chi connectivity index (χ3v) is 4.67. The molecule has 0 amide bonds. The minimum atomic E-state index is -0.306. The zero-order valence-electron chi connectivity index (χ0n) is 13.1. The van der Waals surface area contributed by atoms with E-state index < -0.39 is 0 Å². The second-order valence-electron chi connectivity index (χ2n) is 6.12. The minimum Gasteiger partial charge on any atom is -0.301 e. The average molecular weight is 294 g/mol. The number of piperidine rings is 1. The maximum atomic E-state index is 9.71. The van der Waals surface area contributed by atoms with Crippen LogP contribution in [-0.4, -0.2) is 34.3 Å². The lowest BCUT2D eigenvalue weighted by Gasteiger charge is -2.37. The maximum absolute atomic E-state index is 9.71. The summed E-state index contributed by atoms with van der Waals surface area (Å²) in [4.78, 5) is 2.44. The van der Waals surface area contributed by atoms with Crippen LogP contribution in [0.5, 0.6) is 0 Å². The zero-order valence-corrected chi connectivity index (χ0v) is 13.1. The van der Waals surface area contributed by atoms with Crippen molar-refractivity contribution in [2.24, 2.45) is 0 Å². The molecule has 4 nitrogen and oxygen atoms in total. The number of benzene rings is 1. The van der Waals surface area contributed by atoms with Gasteiger partial charge < -0.3 is 4.90 Å². The normalized spacial score (nSPS) is 18.0. The van der Waals surface area contributed by atoms with Crippen LogP contribution in [0.4, 0.5) is 0 Å². The van der Waals surface area contributed by atoms with Gasteiger partial charge in [-0.05, 0) is 31.4 Å². The van der Waals surface area contributed by atoms with Gasteiger partial charge in [-0.2, -0.15) is 10.4 Å². The third kappa shape index (κ3) is 3.05. The molecule has 0 atom stereocenters. The summed E-state index contributed by atoms with van der Waals surface area (Å²) in [6, 6.07) is 14.9. The van der Waals surface area contributed by atoms with Gasteiger partial charge in [-0.1, -0.05) is 30.3 Å². The molecule has 3 rings (SSSR count). The summed E-state index contributed by atoms with van der Waals surface area (Å²) in [5.41, 5.74) is 1.92. The Morgan fingerprint density at radius 2 is 1.86 bits per heavy atom. The lowest BCUT2D eigenvalue weighted by atomic mass is 9.74. The number of aromatic nitrogens is 2. The van der Waals surface area contributed by atoms with Gasteiger partial charge in [-0.3, -0.25) is 4.68 Å². The van der Waals surface area contributed by atoms with Crippen LogP contribution < -0.4 is 0 Å². The van der Waals surface area contributed by atoms with Crippen LogP contribution in [0.15, 0.2) is 42.6 Å². The Bertz CT molecular complexity index is 645. The van der Waals surface area contributed by atoms with Crippen molar-refractivity contribution in [3.63, 3.8) is 0 Å². The highest BCUT2D eigenvalue weighted by Gasteiger charge is 2.36. The number of rotatable bonds is 4. The van der Waals surface area contributed by atoms with E-state index in [-0.39, 0.29) is 5.41 Å². The highest BCUT2D eigenvalue weighted by Crippen LogP contribution is 2.34. The second-order valence-corrected chi connectivity index (χ2v) is 6.12. The smallest absolute Gasteiger partial charge is 0.0846 e. The number of hydrogen-bond acceptors (Lipinski definition) is 3. The van der Waals surface area contributed by atoms with Crippen molar-refractivity contribution < 1.29 is 0 Å². The fourth-order valence-corrected chi connectivity index (χ4v) is 3.21. The highest BCUT2D eigenvalue weighted by molar-refractivity contribution is 5.33. The molecule has 1 aliphatic rings. The molecule has 4 heteroatoms. The molecule has 1 fully saturated rings. The van der Waals surface area contributed by atoms with E-state index in [1.54, 1.807) is 0 Å². The Kier molecular flexibility index (Phi) is 4.26. The number of hydrogen-bond donors (Lipinski definition) is 0. The summed E-state index contributed by atoms with van der Waals surface area (Å²) in [6.07, 6.45) is 3.85. The van der Waals surface area contributed by atoms with Crippen molar-refractivity contribution in [2.45, 2.75) is 31.7 Å². The molecule has 0 radical (unpaired) electrons. The van der Waals surface area contributed by atoms with Crippen LogP contribution in [0.1, 0.15) is 24.1 Å². The molecule has 0 saturated carbocycles. The Balaban J connectivity index is 1.58. The zero-order chi connectivity index (χ0) is 15.4. The van der Waals surface area contributed by atoms with Crippen LogP contribution >= 0.6 is 0 Å². The second kappa shape index (κ2) is 6.33. The van der Waals surface area contributed by atoms with E-state index in [0.717, 1.165) is 44.7 Å². The first kappa shape index (κ1) is 14.8. The van der Waals surface area contributed by atoms with E-state index in [1.807, 2.05) is 42.1 Å². The van der Waals surface area contributed by atoms with Crippen molar-refractivity contribution >= 4 is 0 Å². The van der Waals surface area contributed by atoms with Gasteiger partial charge in [0.2, 0.25) is 0 Å². The van der Waals surface area contributed by atoms with E-state index in [2.05, 4.69) is 28.2 Å². The van der Waals surface area contributed by atoms with Crippen LogP contribution in [0.3, 0.4) is 0 Å². The molecule has 0 unspecified atom stereocenters. The monoisotopic (exact) mass is 294 g/mol. The molecular formula is C18H22N4. The molecule has 0 spiro atoms. The van der Waals surface area contributed by atoms with E-state index in [9.17, 15) is 5.26 Å². The quantitative estimate of drug-likeness (QED) is 0.871. The summed E-state index contributed by atoms with van der Waals surface area (Å²) in [5.74, 6) is 0. The molecule has 0 N–H and O–H groups in total. The lowest BCUT2D eigenvalue weighted by Crippen LogP contribution is -2.43. The van der Waals surface area contributed by atoms with Crippen molar-refractivity contribution in [1.82, 2.24) is 14.7 Å². The molecule has 0 aliphatic carbocycles. The minimum absolute atomic E-state index is 0.306. The van der Waals surface area contributed by atoms with Gasteiger partial charge in [0.25, 0.3) is 0 Å². The fraction of sp³-hybridized carbons (Fsp3) is 0.444. The predicted molar refractivity (Wildman–Crippen MR) is 86.4 cm³/mol. The number of aryl methyl sites for hydroxylation is 1. The number of likely N-dealkylation sites (tertiary alicyclic amines) is 1. The van der Waals surface area contributed by atoms with Gasteiger partial charge in [-0.25, -0.2) is 0 Å². The first-order valence-corrected chi connectivity index (χ1v) is 7.91. The van der Waals surface area contributed by atoms with Crippen molar-refractivity contribution in [3.05, 3.63) is 53.9 Å². The summed E-state index contributed by atoms with van der Waals surface area (Å²) >= 11 is 0. The molecule has 1 saturated heterocycles. The molecule has 22 heavy (non-hydrogen) atoms. The highest BCUT2D eigenvalue weighted by atomic mass is 15.3. The molecule has 2 heterocycles. The average Bonchev–Trinajstić information content (AvgIpc) is 3.00. The van der Waals surface area contributed by atoms with E-state index in [0.29, 0.717) is 0 Å². The molecule has 1 aromatic carbocycles. The lowest BCUT2D eigenvalue weighted by molar-refractivity contribution is 0.178. The summed E-state index contributed by atoms with van der Waals surface area (Å²) in [5, 5.41) is 14.1. The standard InChI is InChI=1S/C18H22N4/c1-16-7-10-22(20-16)14-13-21-11-8-18(15-19,9-12-21)17-5-3-2-4-6-17/h2-7,10H,8-9,11-14H2,1H3. The van der Waals surface area contributed by atoms with E-state index in [1.165, 1.54) is 5.56 Å². The number of nitriles is 1. The molecule has 0 bridgehead atoms. The summed E-state index contributed by atoms with van der Waals surface area (Å²) < 4.78 is 2.00. The SMILES string of the molecule is Cc1ccn(CCN2CCC(C#N)(c3ccccc3)CC2)n1. The number of nitrogens with zero attached hydrogens (tertiary/aromatic N) is 4. The van der Waals surface area contributed by atoms with Crippen molar-refractivity contribution in [1.29, 1.82) is 5.26 Å². The van der Waals surface area contributed by atoms with Crippen LogP contribution in [0.25, 0.3) is 0 Å². The first-order chi connectivity index (χ1) is 10.7. The molecule has 2 aromatic rings. The molecule has 114 valence electrons. The van der Waals surface area contributed by atoms with E-state index >= 15 is 0 Å². The maximum Gasteiger partial charge on any atom is 0.0846 e. The summed E-state index contributed by atoms with van der Waals surface area (Å²) in [6.45, 7) is 5.88. The first-order valence-electron chi connectivity index (χ1n) is 7.91. The van der Waals surface area contributed by atoms with Crippen LogP contribution in [0, 0.1) is 18.3 Å². The predicted octanol–water partition coefficient (Wildman–Crippen LogP) is 2.75. The van der Waals surface area contributed by atoms with Gasteiger partial charge in [0.1, 0.15) is 0 Å². The van der Waals surface area contributed by atoms with Gasteiger partial charge in [0.05, 0.1) is 23.7 Å². The van der Waals surface area contributed by atoms with Crippen molar-refractivity contribution in [3.8, 4) is 6.07 Å². The largest absolute Gasteiger partial charge is 0.301 e. The third-order valence-electron chi connectivity index (χ3n) is 4.67. The van der Waals surface area contributed by atoms with E-state index in [4.69, 9.17) is 0 Å². The van der Waals surface area contributed by atoms with Crippen LogP contribution in [0.2, 0.25) is 0 Å². The fourth-order valence-electron chi connectivity index (χ4n) is 3.21. The Morgan fingerprint density at radius 3 is 2.45 bits per heavy atom. The molecule has 1 aromatic heterocycles. The Morgan fingerprint density at radius 1 is 1.14 bits per heavy atom. The Labute approximate surface area is 132 Å². The molecule has 1 aliphatic heterocycles. The van der Waals surface area contributed by atoms with Gasteiger partial charge in [-0.15, -0.1) is 0 Å². The Hall–Kier alpha value is -2.12. The van der Waals surface area contributed by atoms with Gasteiger partial charge in [0, 0.05) is 25.8 Å². The van der Waals surface area contributed by atoms with Gasteiger partial charge >= 0.3 is 0 Å². The molecular weight excluding hydrogens is 272 g/mol. The van der Waals surface area contributed by atoms with Crippen LogP contribution in [-0.2, 0) is 12.0 Å².